The molecule has 1 atom stereocenters. The molecule has 1 aromatic heterocycles. The Morgan fingerprint density at radius 2 is 1.97 bits per heavy atom. The third-order valence-electron chi connectivity index (χ3n) is 4.74. The van der Waals surface area contributed by atoms with Gasteiger partial charge in [-0.1, -0.05) is 12.1 Å². The Labute approximate surface area is 169 Å². The molecular weight excluding hydrogens is 411 g/mol. The summed E-state index contributed by atoms with van der Waals surface area (Å²) in [6.07, 6.45) is -3.38. The number of anilines is 1. The van der Waals surface area contributed by atoms with E-state index in [0.29, 0.717) is 18.7 Å². The summed E-state index contributed by atoms with van der Waals surface area (Å²) in [5, 5.41) is 6.31. The number of aromatic nitrogens is 2. The maximum Gasteiger partial charge on any atom is 0.433 e. The molecule has 0 spiro atoms. The van der Waals surface area contributed by atoms with E-state index in [1.165, 1.54) is 19.9 Å². The molecule has 0 aliphatic carbocycles. The van der Waals surface area contributed by atoms with Crippen LogP contribution in [0.25, 0.3) is 0 Å². The molecule has 1 amide bonds. The lowest BCUT2D eigenvalue weighted by molar-refractivity contribution is -0.145. The predicted molar refractivity (Wildman–Crippen MR) is 98.8 cm³/mol. The molecule has 164 valence electrons. The summed E-state index contributed by atoms with van der Waals surface area (Å²) in [5.74, 6) is -0.879. The second kappa shape index (κ2) is 8.49. The van der Waals surface area contributed by atoms with Gasteiger partial charge in [-0.2, -0.15) is 27.1 Å². The second-order valence-corrected chi connectivity index (χ2v) is 7.19. The number of amides is 1. The minimum absolute atomic E-state index is 0.00274. The van der Waals surface area contributed by atoms with E-state index in [4.69, 9.17) is 0 Å². The molecule has 6 nitrogen and oxygen atoms in total. The van der Waals surface area contributed by atoms with Crippen molar-refractivity contribution in [1.82, 2.24) is 15.1 Å². The van der Waals surface area contributed by atoms with Gasteiger partial charge in [0.25, 0.3) is 5.91 Å². The number of nitrogens with one attached hydrogen (secondary N) is 1. The zero-order valence-electron chi connectivity index (χ0n) is 16.3. The van der Waals surface area contributed by atoms with Crippen molar-refractivity contribution in [1.29, 1.82) is 0 Å². The standard InChI is InChI=1S/C19H21F5N4O2/c1-11(2)28-16(19(22,23)24)13(9-25-28)17(29)26-12-7-8-27(10-12)14-5-3-4-6-15(14)30-18(20)21/h3-6,9,11-12,18H,7-8,10H2,1-2H3,(H,26,29). The van der Waals surface area contributed by atoms with Crippen molar-refractivity contribution in [2.45, 2.75) is 45.1 Å². The van der Waals surface area contributed by atoms with Gasteiger partial charge in [0.15, 0.2) is 5.69 Å². The number of alkyl halides is 5. The van der Waals surface area contributed by atoms with Crippen molar-refractivity contribution in [3.05, 3.63) is 41.7 Å². The Balaban J connectivity index is 1.74. The number of rotatable bonds is 6. The fraction of sp³-hybridized carbons (Fsp3) is 0.474. The first-order valence-electron chi connectivity index (χ1n) is 9.32. The molecule has 30 heavy (non-hydrogen) atoms. The van der Waals surface area contributed by atoms with Crippen LogP contribution < -0.4 is 15.0 Å². The molecule has 0 saturated carbocycles. The van der Waals surface area contributed by atoms with E-state index in [-0.39, 0.29) is 12.3 Å². The first-order valence-corrected chi connectivity index (χ1v) is 9.32. The minimum atomic E-state index is -4.74. The number of hydrogen-bond acceptors (Lipinski definition) is 4. The molecule has 1 aromatic carbocycles. The van der Waals surface area contributed by atoms with Crippen LogP contribution in [-0.4, -0.2) is 41.4 Å². The maximum atomic E-state index is 13.5. The fourth-order valence-electron chi connectivity index (χ4n) is 3.48. The molecule has 0 radical (unpaired) electrons. The summed E-state index contributed by atoms with van der Waals surface area (Å²) >= 11 is 0. The largest absolute Gasteiger partial charge is 0.433 e. The molecular formula is C19H21F5N4O2. The topological polar surface area (TPSA) is 59.4 Å². The number of para-hydroxylation sites is 2. The first-order chi connectivity index (χ1) is 14.1. The van der Waals surface area contributed by atoms with Gasteiger partial charge in [-0.25, -0.2) is 0 Å². The number of benzene rings is 1. The number of halogens is 5. The van der Waals surface area contributed by atoms with Crippen molar-refractivity contribution < 1.29 is 31.5 Å². The molecule has 1 aliphatic rings. The van der Waals surface area contributed by atoms with Crippen LogP contribution in [0.3, 0.4) is 0 Å². The van der Waals surface area contributed by atoms with Crippen LogP contribution in [0.2, 0.25) is 0 Å². The van der Waals surface area contributed by atoms with Gasteiger partial charge in [0.05, 0.1) is 17.4 Å². The third-order valence-corrected chi connectivity index (χ3v) is 4.74. The van der Waals surface area contributed by atoms with Crippen molar-refractivity contribution in [3.63, 3.8) is 0 Å². The van der Waals surface area contributed by atoms with Crippen LogP contribution in [0.5, 0.6) is 5.75 Å². The van der Waals surface area contributed by atoms with E-state index in [9.17, 15) is 26.7 Å². The number of nitrogens with zero attached hydrogens (tertiary/aromatic N) is 3. The van der Waals surface area contributed by atoms with Gasteiger partial charge in [0.1, 0.15) is 5.75 Å². The summed E-state index contributed by atoms with van der Waals surface area (Å²) in [7, 11) is 0. The molecule has 1 saturated heterocycles. The first kappa shape index (κ1) is 21.8. The molecule has 3 rings (SSSR count). The van der Waals surface area contributed by atoms with Crippen LogP contribution in [0.1, 0.15) is 42.4 Å². The maximum absolute atomic E-state index is 13.5. The summed E-state index contributed by atoms with van der Waals surface area (Å²) in [4.78, 5) is 14.3. The molecule has 2 aromatic rings. The number of ether oxygens (including phenoxy) is 1. The van der Waals surface area contributed by atoms with E-state index in [0.717, 1.165) is 10.9 Å². The zero-order valence-corrected chi connectivity index (χ0v) is 16.3. The van der Waals surface area contributed by atoms with Gasteiger partial charge < -0.3 is 15.0 Å². The average molecular weight is 432 g/mol. The van der Waals surface area contributed by atoms with Crippen LogP contribution in [0.4, 0.5) is 27.6 Å². The normalized spacial score (nSPS) is 17.1. The van der Waals surface area contributed by atoms with Crippen LogP contribution in [-0.2, 0) is 6.18 Å². The van der Waals surface area contributed by atoms with Gasteiger partial charge in [-0.3, -0.25) is 9.48 Å². The zero-order chi connectivity index (χ0) is 22.1. The van der Waals surface area contributed by atoms with Gasteiger partial charge in [-0.15, -0.1) is 0 Å². The summed E-state index contributed by atoms with van der Waals surface area (Å²) in [6, 6.07) is 5.20. The predicted octanol–water partition coefficient (Wildman–Crippen LogP) is 4.09. The van der Waals surface area contributed by atoms with E-state index in [1.807, 2.05) is 0 Å². The molecule has 1 aliphatic heterocycles. The molecule has 1 N–H and O–H groups in total. The minimum Gasteiger partial charge on any atom is -0.433 e. The van der Waals surface area contributed by atoms with E-state index in [2.05, 4.69) is 15.2 Å². The lowest BCUT2D eigenvalue weighted by Gasteiger charge is -2.22. The molecule has 2 heterocycles. The van der Waals surface area contributed by atoms with Gasteiger partial charge >= 0.3 is 12.8 Å². The van der Waals surface area contributed by atoms with Crippen molar-refractivity contribution in [3.8, 4) is 5.75 Å². The Morgan fingerprint density at radius 3 is 2.60 bits per heavy atom. The van der Waals surface area contributed by atoms with Crippen molar-refractivity contribution in [2.75, 3.05) is 18.0 Å². The summed E-state index contributed by atoms with van der Waals surface area (Å²) in [6.45, 7) is 0.763. The fourth-order valence-corrected chi connectivity index (χ4v) is 3.48. The Morgan fingerprint density at radius 1 is 1.27 bits per heavy atom. The van der Waals surface area contributed by atoms with E-state index in [1.54, 1.807) is 23.1 Å². The number of hydrogen-bond donors (Lipinski definition) is 1. The van der Waals surface area contributed by atoms with Gasteiger partial charge in [0.2, 0.25) is 0 Å². The molecule has 11 heteroatoms. The highest BCUT2D eigenvalue weighted by molar-refractivity contribution is 5.95. The Hall–Kier alpha value is -2.85. The average Bonchev–Trinajstić information content (AvgIpc) is 3.28. The summed E-state index contributed by atoms with van der Waals surface area (Å²) in [5.41, 5.74) is -1.21. The van der Waals surface area contributed by atoms with E-state index >= 15 is 0 Å². The lowest BCUT2D eigenvalue weighted by Crippen LogP contribution is -2.38. The van der Waals surface area contributed by atoms with Gasteiger partial charge in [0, 0.05) is 25.2 Å². The summed E-state index contributed by atoms with van der Waals surface area (Å²) < 4.78 is 71.0. The monoisotopic (exact) mass is 432 g/mol. The third kappa shape index (κ3) is 4.65. The number of carbonyl (C=O) groups is 1. The highest BCUT2D eigenvalue weighted by atomic mass is 19.4. The molecule has 0 bridgehead atoms. The number of carbonyl (C=O) groups excluding carboxylic acids is 1. The van der Waals surface area contributed by atoms with E-state index < -0.39 is 42.0 Å². The molecule has 1 fully saturated rings. The van der Waals surface area contributed by atoms with Crippen molar-refractivity contribution in [2.24, 2.45) is 0 Å². The van der Waals surface area contributed by atoms with Crippen LogP contribution >= 0.6 is 0 Å². The quantitative estimate of drug-likeness (QED) is 0.699. The molecule has 1 unspecified atom stereocenters. The SMILES string of the molecule is CC(C)n1ncc(C(=O)NC2CCN(c3ccccc3OC(F)F)C2)c1C(F)(F)F. The second-order valence-electron chi connectivity index (χ2n) is 7.19. The Kier molecular flexibility index (Phi) is 6.18. The van der Waals surface area contributed by atoms with Gasteiger partial charge in [-0.05, 0) is 32.4 Å². The van der Waals surface area contributed by atoms with Crippen LogP contribution in [0.15, 0.2) is 30.5 Å². The lowest BCUT2D eigenvalue weighted by atomic mass is 10.2. The van der Waals surface area contributed by atoms with Crippen LogP contribution in [0, 0.1) is 0 Å². The Bertz CT molecular complexity index is 897. The van der Waals surface area contributed by atoms with Crippen molar-refractivity contribution >= 4 is 11.6 Å². The smallest absolute Gasteiger partial charge is 0.433 e. The highest BCUT2D eigenvalue weighted by Crippen LogP contribution is 2.34. The highest BCUT2D eigenvalue weighted by Gasteiger charge is 2.41.